The Balaban J connectivity index is 2.24. The fourth-order valence-corrected chi connectivity index (χ4v) is 2.66. The van der Waals surface area contributed by atoms with Crippen LogP contribution in [0.5, 0.6) is 5.75 Å². The van der Waals surface area contributed by atoms with Crippen LogP contribution < -0.4 is 10.5 Å². The number of aromatic nitrogens is 2. The van der Waals surface area contributed by atoms with Gasteiger partial charge in [-0.25, -0.2) is 9.97 Å². The van der Waals surface area contributed by atoms with E-state index in [1.807, 2.05) is 24.3 Å². The summed E-state index contributed by atoms with van der Waals surface area (Å²) in [5.74, 6) is 1.42. The molecule has 0 fully saturated rings. The monoisotopic (exact) mass is 275 g/mol. The third-order valence-corrected chi connectivity index (χ3v) is 3.77. The number of nitrogen functional groups attached to an aromatic ring is 1. The van der Waals surface area contributed by atoms with E-state index in [1.165, 1.54) is 6.33 Å². The standard InChI is InChI=1S/C14H17N3OS/c1-3-4-12-13(15)16-9-17-14(12)19-11-7-5-10(18-2)6-8-11/h5-9H,3-4H2,1-2H3,(H2,15,16,17). The second-order valence-corrected chi connectivity index (χ2v) is 5.13. The zero-order chi connectivity index (χ0) is 13.7. The average molecular weight is 275 g/mol. The largest absolute Gasteiger partial charge is 0.497 e. The Morgan fingerprint density at radius 3 is 2.58 bits per heavy atom. The zero-order valence-corrected chi connectivity index (χ0v) is 11.9. The molecule has 0 aliphatic heterocycles. The first-order chi connectivity index (χ1) is 9.24. The molecule has 2 rings (SSSR count). The molecule has 0 spiro atoms. The molecule has 0 aliphatic carbocycles. The topological polar surface area (TPSA) is 61.0 Å². The number of benzene rings is 1. The maximum Gasteiger partial charge on any atom is 0.131 e. The maximum atomic E-state index is 5.92. The first kappa shape index (κ1) is 13.7. The summed E-state index contributed by atoms with van der Waals surface area (Å²) in [6.07, 6.45) is 3.43. The second-order valence-electron chi connectivity index (χ2n) is 4.07. The summed E-state index contributed by atoms with van der Waals surface area (Å²) < 4.78 is 5.15. The van der Waals surface area contributed by atoms with Crippen LogP contribution in [0, 0.1) is 0 Å². The van der Waals surface area contributed by atoms with Crippen LogP contribution in [0.15, 0.2) is 40.5 Å². The van der Waals surface area contributed by atoms with Crippen molar-refractivity contribution in [3.8, 4) is 5.75 Å². The summed E-state index contributed by atoms with van der Waals surface area (Å²) >= 11 is 1.60. The van der Waals surface area contributed by atoms with Gasteiger partial charge < -0.3 is 10.5 Å². The van der Waals surface area contributed by atoms with Crippen LogP contribution in [-0.4, -0.2) is 17.1 Å². The van der Waals surface area contributed by atoms with Crippen molar-refractivity contribution < 1.29 is 4.74 Å². The first-order valence-corrected chi connectivity index (χ1v) is 6.97. The smallest absolute Gasteiger partial charge is 0.131 e. The van der Waals surface area contributed by atoms with E-state index < -0.39 is 0 Å². The molecule has 1 aromatic carbocycles. The number of rotatable bonds is 5. The Labute approximate surface area is 117 Å². The molecule has 2 aromatic rings. The molecule has 1 heterocycles. The fourth-order valence-electron chi connectivity index (χ4n) is 1.74. The maximum absolute atomic E-state index is 5.92. The van der Waals surface area contributed by atoms with Crippen molar-refractivity contribution in [2.24, 2.45) is 0 Å². The molecule has 0 radical (unpaired) electrons. The van der Waals surface area contributed by atoms with Gasteiger partial charge >= 0.3 is 0 Å². The number of anilines is 1. The van der Waals surface area contributed by atoms with Gasteiger partial charge in [-0.3, -0.25) is 0 Å². The molecule has 19 heavy (non-hydrogen) atoms. The van der Waals surface area contributed by atoms with Crippen LogP contribution >= 0.6 is 11.8 Å². The first-order valence-electron chi connectivity index (χ1n) is 6.15. The summed E-state index contributed by atoms with van der Waals surface area (Å²) in [5, 5.41) is 0.930. The Hall–Kier alpha value is -1.75. The van der Waals surface area contributed by atoms with Gasteiger partial charge in [-0.2, -0.15) is 0 Å². The molecule has 0 unspecified atom stereocenters. The zero-order valence-electron chi connectivity index (χ0n) is 11.1. The molecule has 0 atom stereocenters. The molecular weight excluding hydrogens is 258 g/mol. The minimum atomic E-state index is 0.577. The second kappa shape index (κ2) is 6.43. The van der Waals surface area contributed by atoms with E-state index >= 15 is 0 Å². The Morgan fingerprint density at radius 1 is 1.21 bits per heavy atom. The van der Waals surface area contributed by atoms with Crippen molar-refractivity contribution >= 4 is 17.6 Å². The molecule has 0 aliphatic rings. The SMILES string of the molecule is CCCc1c(N)ncnc1Sc1ccc(OC)cc1. The van der Waals surface area contributed by atoms with Gasteiger partial charge in [-0.05, 0) is 30.7 Å². The van der Waals surface area contributed by atoms with Gasteiger partial charge in [0.15, 0.2) is 0 Å². The number of nitrogens with two attached hydrogens (primary N) is 1. The van der Waals surface area contributed by atoms with E-state index in [-0.39, 0.29) is 0 Å². The Bertz CT molecular complexity index is 543. The number of ether oxygens (including phenoxy) is 1. The lowest BCUT2D eigenvalue weighted by Crippen LogP contribution is -2.01. The fraction of sp³-hybridized carbons (Fsp3) is 0.286. The quantitative estimate of drug-likeness (QED) is 0.849. The van der Waals surface area contributed by atoms with Crippen LogP contribution in [-0.2, 0) is 6.42 Å². The predicted octanol–water partition coefficient (Wildman–Crippen LogP) is 3.17. The summed E-state index contributed by atoms with van der Waals surface area (Å²) in [5.41, 5.74) is 6.96. The van der Waals surface area contributed by atoms with Crippen molar-refractivity contribution in [3.63, 3.8) is 0 Å². The molecule has 100 valence electrons. The van der Waals surface area contributed by atoms with Gasteiger partial charge in [0.1, 0.15) is 22.9 Å². The van der Waals surface area contributed by atoms with Crippen LogP contribution in [0.4, 0.5) is 5.82 Å². The van der Waals surface area contributed by atoms with E-state index in [0.717, 1.165) is 34.1 Å². The normalized spacial score (nSPS) is 10.4. The Kier molecular flexibility index (Phi) is 4.63. The number of hydrogen-bond donors (Lipinski definition) is 1. The summed E-state index contributed by atoms with van der Waals surface area (Å²) in [7, 11) is 1.66. The molecule has 0 bridgehead atoms. The van der Waals surface area contributed by atoms with E-state index in [2.05, 4.69) is 16.9 Å². The van der Waals surface area contributed by atoms with Crippen molar-refractivity contribution in [2.45, 2.75) is 29.7 Å². The lowest BCUT2D eigenvalue weighted by atomic mass is 10.2. The van der Waals surface area contributed by atoms with Gasteiger partial charge in [0.2, 0.25) is 0 Å². The highest BCUT2D eigenvalue weighted by atomic mass is 32.2. The van der Waals surface area contributed by atoms with Gasteiger partial charge in [0, 0.05) is 10.5 Å². The minimum Gasteiger partial charge on any atom is -0.497 e. The van der Waals surface area contributed by atoms with Crippen LogP contribution in [0.3, 0.4) is 0 Å². The van der Waals surface area contributed by atoms with Crippen LogP contribution in [0.25, 0.3) is 0 Å². The van der Waals surface area contributed by atoms with Gasteiger partial charge in [-0.1, -0.05) is 25.1 Å². The molecule has 0 saturated carbocycles. The third kappa shape index (κ3) is 3.38. The van der Waals surface area contributed by atoms with Crippen LogP contribution in [0.2, 0.25) is 0 Å². The minimum absolute atomic E-state index is 0.577. The summed E-state index contributed by atoms with van der Waals surface area (Å²) in [6, 6.07) is 7.90. The van der Waals surface area contributed by atoms with E-state index in [9.17, 15) is 0 Å². The summed E-state index contributed by atoms with van der Waals surface area (Å²) in [6.45, 7) is 2.12. The molecule has 1 aromatic heterocycles. The van der Waals surface area contributed by atoms with E-state index in [1.54, 1.807) is 18.9 Å². The van der Waals surface area contributed by atoms with Crippen molar-refractivity contribution in [1.29, 1.82) is 0 Å². The van der Waals surface area contributed by atoms with Gasteiger partial charge in [0.25, 0.3) is 0 Å². The number of hydrogen-bond acceptors (Lipinski definition) is 5. The summed E-state index contributed by atoms with van der Waals surface area (Å²) in [4.78, 5) is 9.50. The molecule has 2 N–H and O–H groups in total. The Morgan fingerprint density at radius 2 is 1.95 bits per heavy atom. The molecule has 0 amide bonds. The average Bonchev–Trinajstić information content (AvgIpc) is 2.43. The highest BCUT2D eigenvalue weighted by molar-refractivity contribution is 7.99. The molecule has 5 heteroatoms. The van der Waals surface area contributed by atoms with Crippen molar-refractivity contribution in [3.05, 3.63) is 36.2 Å². The van der Waals surface area contributed by atoms with Gasteiger partial charge in [-0.15, -0.1) is 0 Å². The number of nitrogens with zero attached hydrogens (tertiary/aromatic N) is 2. The molecular formula is C14H17N3OS. The lowest BCUT2D eigenvalue weighted by Gasteiger charge is -2.09. The number of methoxy groups -OCH3 is 1. The van der Waals surface area contributed by atoms with Crippen molar-refractivity contribution in [1.82, 2.24) is 9.97 Å². The van der Waals surface area contributed by atoms with E-state index in [0.29, 0.717) is 5.82 Å². The highest BCUT2D eigenvalue weighted by Gasteiger charge is 2.10. The third-order valence-electron chi connectivity index (χ3n) is 2.71. The van der Waals surface area contributed by atoms with Crippen LogP contribution in [0.1, 0.15) is 18.9 Å². The van der Waals surface area contributed by atoms with Crippen molar-refractivity contribution in [2.75, 3.05) is 12.8 Å². The molecule has 4 nitrogen and oxygen atoms in total. The molecule has 0 saturated heterocycles. The lowest BCUT2D eigenvalue weighted by molar-refractivity contribution is 0.414. The predicted molar refractivity (Wildman–Crippen MR) is 77.6 cm³/mol. The highest BCUT2D eigenvalue weighted by Crippen LogP contribution is 2.31. The van der Waals surface area contributed by atoms with E-state index in [4.69, 9.17) is 10.5 Å². The van der Waals surface area contributed by atoms with Gasteiger partial charge in [0.05, 0.1) is 7.11 Å².